The molecule has 0 radical (unpaired) electrons. The van der Waals surface area contributed by atoms with Gasteiger partial charge in [0, 0.05) is 23.1 Å². The normalized spacial score (nSPS) is 11.9. The van der Waals surface area contributed by atoms with E-state index in [0.717, 1.165) is 22.4 Å². The molecule has 0 saturated carbocycles. The van der Waals surface area contributed by atoms with E-state index in [4.69, 9.17) is 16.6 Å². The Morgan fingerprint density at radius 2 is 1.79 bits per heavy atom. The molecular weight excluding hydrogens is 430 g/mol. The van der Waals surface area contributed by atoms with E-state index in [2.05, 4.69) is 85.3 Å². The smallest absolute Gasteiger partial charge is 0.257 e. The van der Waals surface area contributed by atoms with E-state index in [1.165, 1.54) is 22.3 Å². The minimum atomic E-state index is 0.126. The van der Waals surface area contributed by atoms with Crippen LogP contribution in [-0.2, 0) is 5.41 Å². The molecule has 5 nitrogen and oxygen atoms in total. The molecule has 2 heterocycles. The van der Waals surface area contributed by atoms with Gasteiger partial charge in [-0.25, -0.2) is 0 Å². The van der Waals surface area contributed by atoms with Gasteiger partial charge in [-0.3, -0.25) is 4.40 Å². The first-order chi connectivity index (χ1) is 15.7. The van der Waals surface area contributed by atoms with Gasteiger partial charge < -0.3 is 4.90 Å². The van der Waals surface area contributed by atoms with Crippen molar-refractivity contribution in [3.8, 4) is 11.1 Å². The van der Waals surface area contributed by atoms with Crippen molar-refractivity contribution in [1.29, 1.82) is 0 Å². The molecule has 0 amide bonds. The average Bonchev–Trinajstić information content (AvgIpc) is 3.26. The topological polar surface area (TPSA) is 46.3 Å². The summed E-state index contributed by atoms with van der Waals surface area (Å²) in [5.41, 5.74) is 7.10. The standard InChI is InChI=1S/C27H26ClN5/c1-17-13-19(27(2,3)4)9-11-22(17)18-7-6-8-21(14-18)32(5)25-23-12-10-20(28)15-24(23)33-16-29-31-26(33)30-25/h6-16H,1-5H3. The molecule has 5 aromatic rings. The number of halogens is 1. The molecule has 0 saturated heterocycles. The summed E-state index contributed by atoms with van der Waals surface area (Å²) in [6, 6.07) is 21.1. The minimum absolute atomic E-state index is 0.126. The van der Waals surface area contributed by atoms with Crippen LogP contribution < -0.4 is 4.90 Å². The van der Waals surface area contributed by atoms with Crippen LogP contribution in [0.1, 0.15) is 31.9 Å². The fourth-order valence-electron chi connectivity index (χ4n) is 4.24. The quantitative estimate of drug-likeness (QED) is 0.294. The van der Waals surface area contributed by atoms with Crippen molar-refractivity contribution in [3.63, 3.8) is 0 Å². The summed E-state index contributed by atoms with van der Waals surface area (Å²) in [7, 11) is 2.03. The van der Waals surface area contributed by atoms with Crippen LogP contribution in [0.5, 0.6) is 0 Å². The summed E-state index contributed by atoms with van der Waals surface area (Å²) in [4.78, 5) is 6.89. The minimum Gasteiger partial charge on any atom is -0.329 e. The van der Waals surface area contributed by atoms with Crippen molar-refractivity contribution in [2.45, 2.75) is 33.1 Å². The van der Waals surface area contributed by atoms with Crippen LogP contribution in [0.2, 0.25) is 5.02 Å². The lowest BCUT2D eigenvalue weighted by atomic mass is 9.84. The Labute approximate surface area is 198 Å². The van der Waals surface area contributed by atoms with Crippen molar-refractivity contribution in [3.05, 3.63) is 83.1 Å². The number of hydrogen-bond donors (Lipinski definition) is 0. The van der Waals surface area contributed by atoms with Crippen molar-refractivity contribution < 1.29 is 0 Å². The maximum atomic E-state index is 6.29. The van der Waals surface area contributed by atoms with E-state index < -0.39 is 0 Å². The number of fused-ring (bicyclic) bond motifs is 3. The Balaban J connectivity index is 1.60. The van der Waals surface area contributed by atoms with Crippen molar-refractivity contribution in [1.82, 2.24) is 19.6 Å². The molecule has 0 unspecified atom stereocenters. The Kier molecular flexibility index (Phi) is 5.09. The van der Waals surface area contributed by atoms with Gasteiger partial charge in [0.05, 0.1) is 5.52 Å². The summed E-state index contributed by atoms with van der Waals surface area (Å²) >= 11 is 6.29. The second-order valence-corrected chi connectivity index (χ2v) is 9.92. The van der Waals surface area contributed by atoms with Gasteiger partial charge in [-0.05, 0) is 64.9 Å². The first-order valence-corrected chi connectivity index (χ1v) is 11.3. The van der Waals surface area contributed by atoms with Crippen LogP contribution in [-0.4, -0.2) is 26.6 Å². The zero-order valence-corrected chi connectivity index (χ0v) is 20.2. The third kappa shape index (κ3) is 3.83. The molecule has 0 bridgehead atoms. The van der Waals surface area contributed by atoms with Crippen LogP contribution in [0.15, 0.2) is 67.0 Å². The molecule has 0 N–H and O–H groups in total. The van der Waals surface area contributed by atoms with Gasteiger partial charge in [0.1, 0.15) is 12.1 Å². The van der Waals surface area contributed by atoms with Crippen LogP contribution >= 0.6 is 11.6 Å². The summed E-state index contributed by atoms with van der Waals surface area (Å²) in [6.07, 6.45) is 1.66. The van der Waals surface area contributed by atoms with Crippen LogP contribution in [0, 0.1) is 6.92 Å². The molecule has 5 rings (SSSR count). The van der Waals surface area contributed by atoms with Crippen molar-refractivity contribution in [2.24, 2.45) is 0 Å². The molecule has 2 aromatic heterocycles. The van der Waals surface area contributed by atoms with Gasteiger partial charge in [0.15, 0.2) is 0 Å². The molecule has 0 aliphatic carbocycles. The summed E-state index contributed by atoms with van der Waals surface area (Å²) in [5.74, 6) is 1.34. The monoisotopic (exact) mass is 455 g/mol. The third-order valence-corrected chi connectivity index (χ3v) is 6.39. The largest absolute Gasteiger partial charge is 0.329 e. The van der Waals surface area contributed by atoms with Crippen molar-refractivity contribution >= 4 is 39.8 Å². The number of aryl methyl sites for hydroxylation is 1. The average molecular weight is 456 g/mol. The number of benzene rings is 3. The number of nitrogens with zero attached hydrogens (tertiary/aromatic N) is 5. The van der Waals surface area contributed by atoms with Gasteiger partial charge in [0.2, 0.25) is 0 Å². The maximum Gasteiger partial charge on any atom is 0.257 e. The molecule has 33 heavy (non-hydrogen) atoms. The highest BCUT2D eigenvalue weighted by Gasteiger charge is 2.17. The molecule has 0 fully saturated rings. The van der Waals surface area contributed by atoms with E-state index in [1.807, 2.05) is 29.6 Å². The SMILES string of the molecule is Cc1cc(C(C)(C)C)ccc1-c1cccc(N(C)c2nc3nncn3c3cc(Cl)ccc23)c1. The first-order valence-electron chi connectivity index (χ1n) is 11.0. The number of rotatable bonds is 3. The number of anilines is 2. The third-order valence-electron chi connectivity index (χ3n) is 6.15. The summed E-state index contributed by atoms with van der Waals surface area (Å²) in [5, 5.41) is 9.84. The zero-order valence-electron chi connectivity index (χ0n) is 19.5. The van der Waals surface area contributed by atoms with Gasteiger partial charge in [-0.1, -0.05) is 62.7 Å². The van der Waals surface area contributed by atoms with Gasteiger partial charge >= 0.3 is 0 Å². The predicted molar refractivity (Wildman–Crippen MR) is 137 cm³/mol. The lowest BCUT2D eigenvalue weighted by molar-refractivity contribution is 0.590. The molecule has 0 aliphatic heterocycles. The number of aromatic nitrogens is 4. The molecule has 166 valence electrons. The van der Waals surface area contributed by atoms with Gasteiger partial charge in [0.25, 0.3) is 5.78 Å². The highest BCUT2D eigenvalue weighted by molar-refractivity contribution is 6.31. The fraction of sp³-hybridized carbons (Fsp3) is 0.222. The molecule has 0 aliphatic rings. The van der Waals surface area contributed by atoms with E-state index in [9.17, 15) is 0 Å². The maximum absolute atomic E-state index is 6.29. The highest BCUT2D eigenvalue weighted by Crippen LogP contribution is 2.35. The second-order valence-electron chi connectivity index (χ2n) is 9.49. The molecule has 6 heteroatoms. The van der Waals surface area contributed by atoms with Gasteiger partial charge in [-0.2, -0.15) is 4.98 Å². The Morgan fingerprint density at radius 3 is 2.55 bits per heavy atom. The molecular formula is C27H26ClN5. The number of hydrogen-bond acceptors (Lipinski definition) is 4. The Morgan fingerprint density at radius 1 is 0.970 bits per heavy atom. The predicted octanol–water partition coefficient (Wildman–Crippen LogP) is 6.97. The van der Waals surface area contributed by atoms with Crippen molar-refractivity contribution in [2.75, 3.05) is 11.9 Å². The second kappa shape index (κ2) is 7.85. The van der Waals surface area contributed by atoms with Crippen LogP contribution in [0.25, 0.3) is 27.8 Å². The summed E-state index contributed by atoms with van der Waals surface area (Å²) in [6.45, 7) is 8.91. The Bertz CT molecular complexity index is 1500. The molecule has 0 atom stereocenters. The van der Waals surface area contributed by atoms with E-state index in [1.54, 1.807) is 6.33 Å². The van der Waals surface area contributed by atoms with Crippen LogP contribution in [0.3, 0.4) is 0 Å². The summed E-state index contributed by atoms with van der Waals surface area (Å²) < 4.78 is 1.86. The lowest BCUT2D eigenvalue weighted by Gasteiger charge is -2.22. The molecule has 0 spiro atoms. The molecule has 3 aromatic carbocycles. The van der Waals surface area contributed by atoms with E-state index in [0.29, 0.717) is 10.8 Å². The first kappa shape index (κ1) is 21.4. The van der Waals surface area contributed by atoms with E-state index >= 15 is 0 Å². The Hall–Kier alpha value is -3.44. The van der Waals surface area contributed by atoms with Gasteiger partial charge in [-0.15, -0.1) is 10.2 Å². The zero-order chi connectivity index (χ0) is 23.3. The van der Waals surface area contributed by atoms with Crippen LogP contribution in [0.4, 0.5) is 11.5 Å². The lowest BCUT2D eigenvalue weighted by Crippen LogP contribution is -2.13. The fourth-order valence-corrected chi connectivity index (χ4v) is 4.40. The van der Waals surface area contributed by atoms with E-state index in [-0.39, 0.29) is 5.41 Å². The highest BCUT2D eigenvalue weighted by atomic mass is 35.5.